The van der Waals surface area contributed by atoms with Crippen LogP contribution in [0.5, 0.6) is 0 Å². The third-order valence-corrected chi connectivity index (χ3v) is 11.6. The van der Waals surface area contributed by atoms with Crippen molar-refractivity contribution in [1.29, 1.82) is 0 Å². The maximum Gasteiger partial charge on any atom is 0.0702 e. The summed E-state index contributed by atoms with van der Waals surface area (Å²) in [7, 11) is 0. The topological polar surface area (TPSA) is 8.17 Å². The first-order valence-electron chi connectivity index (χ1n) is 19.9. The predicted molar refractivity (Wildman–Crippen MR) is 247 cm³/mol. The lowest BCUT2D eigenvalue weighted by molar-refractivity contribution is 1.15. The van der Waals surface area contributed by atoms with Crippen molar-refractivity contribution in [2.24, 2.45) is 0 Å². The molecule has 272 valence electrons. The molecule has 0 fully saturated rings. The zero-order valence-corrected chi connectivity index (χ0v) is 31.8. The highest BCUT2D eigenvalue weighted by Gasteiger charge is 2.21. The molecule has 10 aromatic carbocycles. The Balaban J connectivity index is 1.08. The van der Waals surface area contributed by atoms with Crippen molar-refractivity contribution in [3.63, 3.8) is 0 Å². The van der Waals surface area contributed by atoms with Crippen molar-refractivity contribution in [3.8, 4) is 39.1 Å². The molecule has 0 aliphatic heterocycles. The van der Waals surface area contributed by atoms with Crippen LogP contribution in [0.25, 0.3) is 82.4 Å². The van der Waals surface area contributed by atoms with E-state index in [1.165, 1.54) is 76.7 Å². The summed E-state index contributed by atoms with van der Waals surface area (Å²) in [4.78, 5) is 2.38. The molecule has 0 saturated carbocycles. The quantitative estimate of drug-likeness (QED) is 0.148. The normalized spacial score (nSPS) is 11.4. The fraction of sp³-hybridized carbons (Fsp3) is 0. The fourth-order valence-electron chi connectivity index (χ4n) is 9.02. The van der Waals surface area contributed by atoms with E-state index >= 15 is 0 Å². The van der Waals surface area contributed by atoms with Crippen LogP contribution in [0.15, 0.2) is 231 Å². The van der Waals surface area contributed by atoms with E-state index in [1.807, 2.05) is 0 Å². The lowest BCUT2D eigenvalue weighted by atomic mass is 9.85. The van der Waals surface area contributed by atoms with E-state index in [0.717, 1.165) is 22.7 Å². The minimum Gasteiger partial charge on any atom is -0.308 e. The fourth-order valence-corrected chi connectivity index (χ4v) is 9.02. The number of fused-ring (bicyclic) bond motifs is 5. The summed E-state index contributed by atoms with van der Waals surface area (Å²) in [5.41, 5.74) is 14.1. The van der Waals surface area contributed by atoms with Crippen molar-refractivity contribution < 1.29 is 0 Å². The van der Waals surface area contributed by atoms with Gasteiger partial charge in [-0.05, 0) is 110 Å². The molecule has 58 heavy (non-hydrogen) atoms. The lowest BCUT2D eigenvalue weighted by Crippen LogP contribution is -2.13. The van der Waals surface area contributed by atoms with Gasteiger partial charge in [-0.25, -0.2) is 0 Å². The number of anilines is 3. The molecular weight excluding hydrogens is 701 g/mol. The summed E-state index contributed by atoms with van der Waals surface area (Å²) in [5.74, 6) is 0. The van der Waals surface area contributed by atoms with Gasteiger partial charge in [0, 0.05) is 22.1 Å². The Hall–Kier alpha value is -7.68. The van der Waals surface area contributed by atoms with E-state index in [2.05, 4.69) is 240 Å². The van der Waals surface area contributed by atoms with Crippen molar-refractivity contribution >= 4 is 60.4 Å². The Morgan fingerprint density at radius 1 is 0.276 bits per heavy atom. The third-order valence-electron chi connectivity index (χ3n) is 11.6. The first kappa shape index (κ1) is 33.6. The Morgan fingerprint density at radius 3 is 1.31 bits per heavy atom. The molecule has 11 aromatic rings. The smallest absolute Gasteiger partial charge is 0.0702 e. The van der Waals surface area contributed by atoms with Gasteiger partial charge in [0.15, 0.2) is 0 Å². The molecule has 0 aliphatic rings. The Bertz CT molecular complexity index is 3200. The van der Waals surface area contributed by atoms with E-state index < -0.39 is 0 Å². The summed E-state index contributed by atoms with van der Waals surface area (Å²) < 4.78 is 2.41. The minimum atomic E-state index is 1.09. The molecule has 11 rings (SSSR count). The molecule has 1 aromatic heterocycles. The van der Waals surface area contributed by atoms with Crippen LogP contribution >= 0.6 is 0 Å². The third kappa shape index (κ3) is 5.57. The van der Waals surface area contributed by atoms with E-state index in [1.54, 1.807) is 0 Å². The van der Waals surface area contributed by atoms with Gasteiger partial charge >= 0.3 is 0 Å². The number of benzene rings is 10. The van der Waals surface area contributed by atoms with Crippen LogP contribution in [0.4, 0.5) is 17.1 Å². The molecule has 0 N–H and O–H groups in total. The van der Waals surface area contributed by atoms with Gasteiger partial charge in [0.1, 0.15) is 0 Å². The average Bonchev–Trinajstić information content (AvgIpc) is 3.64. The average molecular weight is 739 g/mol. The van der Waals surface area contributed by atoms with Crippen molar-refractivity contribution in [3.05, 3.63) is 231 Å². The molecular formula is C56H38N2. The second-order valence-corrected chi connectivity index (χ2v) is 14.9. The Morgan fingerprint density at radius 2 is 0.707 bits per heavy atom. The summed E-state index contributed by atoms with van der Waals surface area (Å²) in [5, 5.41) is 7.51. The SMILES string of the molecule is c1ccc(-c2c3ccccc3c(-c3ccccc3)c3cc(-c4ccc(N(c5ccccc5)c5ccccc5-n5c6ccccc6c6ccccc65)cc4)ccc23)cc1. The standard InChI is InChI=1S/C56H38N2/c1-4-18-40(19-5-1)55-47-26-10-11-27-48(47)56(41-20-6-2-7-21-41)50-38-42(34-37-49(50)55)39-32-35-44(36-33-39)57(43-22-8-3-9-23-43)53-30-16-17-31-54(53)58-51-28-14-12-24-45(51)46-25-13-15-29-52(46)58/h1-38H. The van der Waals surface area contributed by atoms with Gasteiger partial charge < -0.3 is 9.47 Å². The van der Waals surface area contributed by atoms with Gasteiger partial charge in [0.25, 0.3) is 0 Å². The molecule has 0 unspecified atom stereocenters. The van der Waals surface area contributed by atoms with Crippen LogP contribution in [0, 0.1) is 0 Å². The maximum atomic E-state index is 2.41. The lowest BCUT2D eigenvalue weighted by Gasteiger charge is -2.28. The molecule has 0 saturated heterocycles. The largest absolute Gasteiger partial charge is 0.308 e. The van der Waals surface area contributed by atoms with Gasteiger partial charge in [-0.1, -0.05) is 176 Å². The van der Waals surface area contributed by atoms with Crippen LogP contribution in [0.3, 0.4) is 0 Å². The summed E-state index contributed by atoms with van der Waals surface area (Å²) in [6, 6.07) is 83.6. The number of para-hydroxylation sites is 5. The van der Waals surface area contributed by atoms with Crippen LogP contribution < -0.4 is 4.90 Å². The van der Waals surface area contributed by atoms with Crippen molar-refractivity contribution in [2.75, 3.05) is 4.90 Å². The summed E-state index contributed by atoms with van der Waals surface area (Å²) in [6.07, 6.45) is 0. The van der Waals surface area contributed by atoms with Gasteiger partial charge in [-0.15, -0.1) is 0 Å². The van der Waals surface area contributed by atoms with E-state index in [-0.39, 0.29) is 0 Å². The minimum absolute atomic E-state index is 1.09. The first-order chi connectivity index (χ1) is 28.8. The highest BCUT2D eigenvalue weighted by molar-refractivity contribution is 6.22. The Kier molecular flexibility index (Phi) is 8.19. The van der Waals surface area contributed by atoms with Gasteiger partial charge in [-0.2, -0.15) is 0 Å². The monoisotopic (exact) mass is 738 g/mol. The van der Waals surface area contributed by atoms with Crippen molar-refractivity contribution in [2.45, 2.75) is 0 Å². The van der Waals surface area contributed by atoms with Gasteiger partial charge in [0.05, 0.1) is 22.4 Å². The molecule has 0 spiro atoms. The number of aromatic nitrogens is 1. The number of hydrogen-bond acceptors (Lipinski definition) is 1. The highest BCUT2D eigenvalue weighted by Crippen LogP contribution is 2.46. The van der Waals surface area contributed by atoms with Crippen LogP contribution in [-0.2, 0) is 0 Å². The van der Waals surface area contributed by atoms with E-state index in [0.29, 0.717) is 0 Å². The van der Waals surface area contributed by atoms with Crippen LogP contribution in [-0.4, -0.2) is 4.57 Å². The van der Waals surface area contributed by atoms with Crippen LogP contribution in [0.1, 0.15) is 0 Å². The molecule has 0 radical (unpaired) electrons. The van der Waals surface area contributed by atoms with Gasteiger partial charge in [-0.3, -0.25) is 0 Å². The molecule has 1 heterocycles. The molecule has 0 bridgehead atoms. The molecule has 2 heteroatoms. The van der Waals surface area contributed by atoms with E-state index in [9.17, 15) is 0 Å². The molecule has 0 amide bonds. The maximum absolute atomic E-state index is 2.41. The number of nitrogens with zero attached hydrogens (tertiary/aromatic N) is 2. The predicted octanol–water partition coefficient (Wildman–Crippen LogP) is 15.6. The molecule has 0 aliphatic carbocycles. The first-order valence-corrected chi connectivity index (χ1v) is 19.9. The molecule has 2 nitrogen and oxygen atoms in total. The van der Waals surface area contributed by atoms with Gasteiger partial charge in [0.2, 0.25) is 0 Å². The second kappa shape index (κ2) is 14.1. The summed E-state index contributed by atoms with van der Waals surface area (Å²) >= 11 is 0. The van der Waals surface area contributed by atoms with E-state index in [4.69, 9.17) is 0 Å². The number of hydrogen-bond donors (Lipinski definition) is 0. The highest BCUT2D eigenvalue weighted by atomic mass is 15.2. The van der Waals surface area contributed by atoms with Crippen LogP contribution in [0.2, 0.25) is 0 Å². The molecule has 0 atom stereocenters. The van der Waals surface area contributed by atoms with Crippen molar-refractivity contribution in [1.82, 2.24) is 4.57 Å². The number of rotatable bonds is 7. The zero-order chi connectivity index (χ0) is 38.4. The Labute approximate surface area is 338 Å². The second-order valence-electron chi connectivity index (χ2n) is 14.9. The summed E-state index contributed by atoms with van der Waals surface area (Å²) in [6.45, 7) is 0. The zero-order valence-electron chi connectivity index (χ0n) is 31.8.